The molecule has 0 radical (unpaired) electrons. The van der Waals surface area contributed by atoms with Crippen molar-refractivity contribution in [3.05, 3.63) is 17.7 Å². The van der Waals surface area contributed by atoms with Gasteiger partial charge < -0.3 is 19.1 Å². The molecule has 0 aliphatic carbocycles. The van der Waals surface area contributed by atoms with Crippen molar-refractivity contribution < 1.29 is 37.1 Å². The topological polar surface area (TPSA) is 85.0 Å². The zero-order valence-corrected chi connectivity index (χ0v) is 13.0. The van der Waals surface area contributed by atoms with Gasteiger partial charge in [-0.25, -0.2) is 4.79 Å². The molecule has 2 aromatic rings. The number of fused-ring (bicyclic) bond motifs is 1. The van der Waals surface area contributed by atoms with Crippen LogP contribution in [0.3, 0.4) is 0 Å². The molecule has 1 aromatic heterocycles. The number of benzene rings is 1. The lowest BCUT2D eigenvalue weighted by atomic mass is 10.1. The van der Waals surface area contributed by atoms with E-state index in [1.807, 2.05) is 0 Å². The third-order valence-electron chi connectivity index (χ3n) is 3.68. The molecule has 1 aliphatic heterocycles. The number of carbonyl (C=O) groups excluding carboxylic acids is 1. The van der Waals surface area contributed by atoms with E-state index in [9.17, 15) is 23.1 Å². The van der Waals surface area contributed by atoms with Crippen LogP contribution in [-0.4, -0.2) is 42.3 Å². The maximum absolute atomic E-state index is 12.2. The molecule has 0 saturated carbocycles. The number of aliphatic hydroxyl groups is 1. The van der Waals surface area contributed by atoms with Gasteiger partial charge in [-0.15, -0.1) is 0 Å². The van der Waals surface area contributed by atoms with Crippen LogP contribution in [0.2, 0.25) is 0 Å². The highest BCUT2D eigenvalue weighted by Crippen LogP contribution is 2.33. The molecule has 1 fully saturated rings. The van der Waals surface area contributed by atoms with E-state index in [1.54, 1.807) is 0 Å². The Kier molecular flexibility index (Phi) is 4.71. The van der Waals surface area contributed by atoms with E-state index in [0.29, 0.717) is 17.5 Å². The number of nitrogens with zero attached hydrogens (tertiary/aromatic N) is 2. The van der Waals surface area contributed by atoms with Crippen molar-refractivity contribution in [3.8, 4) is 5.75 Å². The van der Waals surface area contributed by atoms with Gasteiger partial charge in [0.15, 0.2) is 11.4 Å². The summed E-state index contributed by atoms with van der Waals surface area (Å²) in [7, 11) is 0. The van der Waals surface area contributed by atoms with E-state index >= 15 is 0 Å². The molecular weight excluding hydrogens is 345 g/mol. The van der Waals surface area contributed by atoms with Gasteiger partial charge in [0.05, 0.1) is 25.1 Å². The second kappa shape index (κ2) is 6.79. The summed E-state index contributed by atoms with van der Waals surface area (Å²) < 4.78 is 51.8. The zero-order valence-electron chi connectivity index (χ0n) is 13.0. The third kappa shape index (κ3) is 3.78. The van der Waals surface area contributed by atoms with Crippen molar-refractivity contribution in [2.75, 3.05) is 24.7 Å². The lowest BCUT2D eigenvalue weighted by molar-refractivity contribution is -0.136. The summed E-state index contributed by atoms with van der Waals surface area (Å²) in [4.78, 5) is 13.0. The van der Waals surface area contributed by atoms with Gasteiger partial charge in [-0.1, -0.05) is 5.16 Å². The van der Waals surface area contributed by atoms with Crippen molar-refractivity contribution in [1.82, 2.24) is 5.16 Å². The number of hydrogen-bond donors (Lipinski definition) is 1. The van der Waals surface area contributed by atoms with Crippen LogP contribution in [0.4, 0.5) is 23.8 Å². The van der Waals surface area contributed by atoms with Crippen molar-refractivity contribution in [2.45, 2.75) is 25.6 Å². The van der Waals surface area contributed by atoms with Crippen LogP contribution in [0.15, 0.2) is 16.7 Å². The van der Waals surface area contributed by atoms with E-state index in [-0.39, 0.29) is 43.4 Å². The average molecular weight is 360 g/mol. The van der Waals surface area contributed by atoms with Crippen LogP contribution in [0.5, 0.6) is 5.75 Å². The normalized spacial score (nSPS) is 15.0. The van der Waals surface area contributed by atoms with Crippen molar-refractivity contribution in [1.29, 1.82) is 0 Å². The van der Waals surface area contributed by atoms with Crippen LogP contribution in [0.1, 0.15) is 18.4 Å². The smallest absolute Gasteiger partial charge is 0.415 e. The lowest BCUT2D eigenvalue weighted by Gasteiger charge is -2.12. The Morgan fingerprint density at radius 2 is 2.16 bits per heavy atom. The van der Waals surface area contributed by atoms with Crippen molar-refractivity contribution in [3.63, 3.8) is 0 Å². The predicted molar refractivity (Wildman–Crippen MR) is 79.4 cm³/mol. The van der Waals surface area contributed by atoms with E-state index in [2.05, 4.69) is 5.16 Å². The first-order valence-corrected chi connectivity index (χ1v) is 7.56. The van der Waals surface area contributed by atoms with Gasteiger partial charge >= 0.3 is 12.3 Å². The minimum absolute atomic E-state index is 0.155. The highest BCUT2D eigenvalue weighted by Gasteiger charge is 2.29. The fourth-order valence-corrected chi connectivity index (χ4v) is 2.49. The summed E-state index contributed by atoms with van der Waals surface area (Å²) in [6.07, 6.45) is -5.94. The summed E-state index contributed by atoms with van der Waals surface area (Å²) >= 11 is 0. The molecule has 0 bridgehead atoms. The molecule has 7 nitrogen and oxygen atoms in total. The van der Waals surface area contributed by atoms with Crippen LogP contribution in [0.25, 0.3) is 11.0 Å². The highest BCUT2D eigenvalue weighted by atomic mass is 19.4. The monoisotopic (exact) mass is 360 g/mol. The number of hydrogen-bond acceptors (Lipinski definition) is 6. The Morgan fingerprint density at radius 3 is 2.80 bits per heavy atom. The molecule has 2 heterocycles. The summed E-state index contributed by atoms with van der Waals surface area (Å²) in [5.41, 5.74) is 0.647. The maximum atomic E-state index is 12.2. The second-order valence-electron chi connectivity index (χ2n) is 5.45. The number of cyclic esters (lactones) is 1. The van der Waals surface area contributed by atoms with Crippen LogP contribution < -0.4 is 9.64 Å². The molecule has 1 amide bonds. The van der Waals surface area contributed by atoms with Gasteiger partial charge in [0.25, 0.3) is 0 Å². The van der Waals surface area contributed by atoms with Gasteiger partial charge in [-0.3, -0.25) is 4.90 Å². The first-order valence-electron chi connectivity index (χ1n) is 7.56. The number of halogens is 3. The Balaban J connectivity index is 1.80. The molecule has 1 N–H and O–H groups in total. The third-order valence-corrected chi connectivity index (χ3v) is 3.68. The van der Waals surface area contributed by atoms with Gasteiger partial charge in [-0.05, 0) is 12.5 Å². The van der Waals surface area contributed by atoms with Gasteiger partial charge in [0, 0.05) is 18.1 Å². The number of aliphatic hydroxyl groups excluding tert-OH is 1. The molecule has 0 unspecified atom stereocenters. The highest BCUT2D eigenvalue weighted by molar-refractivity contribution is 5.99. The molecule has 1 aliphatic rings. The van der Waals surface area contributed by atoms with E-state index in [1.165, 1.54) is 17.0 Å². The Hall–Kier alpha value is -2.49. The summed E-state index contributed by atoms with van der Waals surface area (Å²) in [6, 6.07) is 2.97. The number of anilines is 1. The maximum Gasteiger partial charge on any atom is 0.415 e. The number of amides is 1. The number of carbonyl (C=O) groups is 1. The minimum Gasteiger partial charge on any atom is -0.493 e. The van der Waals surface area contributed by atoms with E-state index < -0.39 is 18.7 Å². The molecule has 0 atom stereocenters. The number of ether oxygens (including phenoxy) is 2. The molecule has 1 aromatic carbocycles. The molecular formula is C15H15F3N2O5. The van der Waals surface area contributed by atoms with Crippen LogP contribution in [0, 0.1) is 0 Å². The van der Waals surface area contributed by atoms with Gasteiger partial charge in [0.2, 0.25) is 0 Å². The fraction of sp³-hybridized carbons (Fsp3) is 0.467. The number of alkyl halides is 3. The zero-order chi connectivity index (χ0) is 18.0. The minimum atomic E-state index is -4.24. The molecule has 10 heteroatoms. The molecule has 0 spiro atoms. The van der Waals surface area contributed by atoms with Crippen molar-refractivity contribution >= 4 is 22.9 Å². The predicted octanol–water partition coefficient (Wildman–Crippen LogP) is 3.00. The SMILES string of the molecule is O=C1OCCN1c1noc2cc(OCCCC(F)(F)F)c(CO)cc12. The number of aromatic nitrogens is 1. The van der Waals surface area contributed by atoms with Crippen molar-refractivity contribution in [2.24, 2.45) is 0 Å². The Bertz CT molecular complexity index is 774. The fourth-order valence-electron chi connectivity index (χ4n) is 2.49. The molecule has 3 rings (SSSR count). The van der Waals surface area contributed by atoms with Crippen LogP contribution >= 0.6 is 0 Å². The quantitative estimate of drug-likeness (QED) is 0.797. The average Bonchev–Trinajstić information content (AvgIpc) is 3.15. The standard InChI is InChI=1S/C15H15F3N2O5/c16-15(17,18)2-1-4-23-11-7-12-10(6-9(11)8-21)13(19-25-12)20-3-5-24-14(20)22/h6-7,21H,1-5,8H2. The van der Waals surface area contributed by atoms with Gasteiger partial charge in [-0.2, -0.15) is 13.2 Å². The van der Waals surface area contributed by atoms with Crippen LogP contribution in [-0.2, 0) is 11.3 Å². The largest absolute Gasteiger partial charge is 0.493 e. The molecule has 136 valence electrons. The first kappa shape index (κ1) is 17.3. The number of rotatable bonds is 6. The first-order chi connectivity index (χ1) is 11.9. The van der Waals surface area contributed by atoms with E-state index in [4.69, 9.17) is 14.0 Å². The summed E-state index contributed by atoms with van der Waals surface area (Å²) in [5, 5.41) is 13.8. The summed E-state index contributed by atoms with van der Waals surface area (Å²) in [6.45, 7) is 0.0160. The second-order valence-corrected chi connectivity index (χ2v) is 5.45. The molecule has 25 heavy (non-hydrogen) atoms. The van der Waals surface area contributed by atoms with Gasteiger partial charge in [0.1, 0.15) is 12.4 Å². The Morgan fingerprint density at radius 1 is 1.36 bits per heavy atom. The summed E-state index contributed by atoms with van der Waals surface area (Å²) in [5.74, 6) is 0.472. The Labute approximate surface area is 139 Å². The van der Waals surface area contributed by atoms with E-state index in [0.717, 1.165) is 0 Å². The lowest BCUT2D eigenvalue weighted by Crippen LogP contribution is -2.23. The molecule has 1 saturated heterocycles.